The molecule has 0 aromatic carbocycles. The molecule has 0 saturated carbocycles. The zero-order valence-corrected chi connectivity index (χ0v) is 38.9. The largest absolute Gasteiger partial charge is 0.394 e. The molecule has 342 valence electrons. The van der Waals surface area contributed by atoms with E-state index in [1.54, 1.807) is 6.08 Å². The molecule has 3 atom stereocenters. The number of aliphatic hydroxyl groups excluding tert-OH is 3. The predicted molar refractivity (Wildman–Crippen MR) is 254 cm³/mol. The molecule has 1 amide bonds. The van der Waals surface area contributed by atoms with Gasteiger partial charge in [0.2, 0.25) is 5.91 Å². The minimum Gasteiger partial charge on any atom is -0.394 e. The van der Waals surface area contributed by atoms with Crippen LogP contribution in [0.25, 0.3) is 0 Å². The van der Waals surface area contributed by atoms with Crippen LogP contribution in [0.15, 0.2) is 36.5 Å². The van der Waals surface area contributed by atoms with E-state index in [9.17, 15) is 20.1 Å². The molecule has 0 spiro atoms. The molecule has 5 nitrogen and oxygen atoms in total. The van der Waals surface area contributed by atoms with E-state index >= 15 is 0 Å². The molecule has 0 bridgehead atoms. The Morgan fingerprint density at radius 1 is 0.431 bits per heavy atom. The second kappa shape index (κ2) is 48.2. The molecule has 0 aliphatic rings. The molecule has 0 aromatic rings. The smallest absolute Gasteiger partial charge is 0.222 e. The molecule has 5 heteroatoms. The van der Waals surface area contributed by atoms with Gasteiger partial charge in [0.1, 0.15) is 0 Å². The zero-order chi connectivity index (χ0) is 42.3. The lowest BCUT2D eigenvalue weighted by molar-refractivity contribution is -0.124. The molecule has 0 aliphatic carbocycles. The van der Waals surface area contributed by atoms with Crippen LogP contribution in [0.4, 0.5) is 0 Å². The number of unbranched alkanes of at least 4 members (excludes halogenated alkanes) is 34. The van der Waals surface area contributed by atoms with Gasteiger partial charge in [0.25, 0.3) is 0 Å². The topological polar surface area (TPSA) is 89.8 Å². The van der Waals surface area contributed by atoms with Gasteiger partial charge in [-0.05, 0) is 44.9 Å². The summed E-state index contributed by atoms with van der Waals surface area (Å²) in [6.07, 6.45) is 61.7. The second-order valence-electron chi connectivity index (χ2n) is 17.8. The monoisotopic (exact) mass is 816 g/mol. The highest BCUT2D eigenvalue weighted by atomic mass is 16.3. The second-order valence-corrected chi connectivity index (χ2v) is 17.8. The van der Waals surface area contributed by atoms with E-state index in [1.165, 1.54) is 205 Å². The first-order valence-corrected chi connectivity index (χ1v) is 25.8. The van der Waals surface area contributed by atoms with Crippen molar-refractivity contribution in [3.05, 3.63) is 36.5 Å². The first-order chi connectivity index (χ1) is 28.5. The number of carbonyl (C=O) groups excluding carboxylic acids is 1. The van der Waals surface area contributed by atoms with E-state index in [0.29, 0.717) is 6.42 Å². The zero-order valence-electron chi connectivity index (χ0n) is 38.9. The summed E-state index contributed by atoms with van der Waals surface area (Å²) in [6.45, 7) is 4.22. The first kappa shape index (κ1) is 56.6. The van der Waals surface area contributed by atoms with Crippen LogP contribution in [0.1, 0.15) is 271 Å². The van der Waals surface area contributed by atoms with E-state index in [0.717, 1.165) is 38.5 Å². The third-order valence-corrected chi connectivity index (χ3v) is 11.9. The van der Waals surface area contributed by atoms with E-state index in [4.69, 9.17) is 0 Å². The van der Waals surface area contributed by atoms with Crippen LogP contribution in [-0.4, -0.2) is 46.1 Å². The molecular weight excluding hydrogens is 715 g/mol. The van der Waals surface area contributed by atoms with Gasteiger partial charge in [-0.25, -0.2) is 0 Å². The van der Waals surface area contributed by atoms with Crippen molar-refractivity contribution in [2.24, 2.45) is 0 Å². The maximum Gasteiger partial charge on any atom is 0.222 e. The molecule has 0 rings (SSSR count). The quantitative estimate of drug-likeness (QED) is 0.0364. The molecule has 0 aromatic heterocycles. The van der Waals surface area contributed by atoms with Gasteiger partial charge < -0.3 is 20.6 Å². The van der Waals surface area contributed by atoms with Gasteiger partial charge in [-0.1, -0.05) is 256 Å². The molecule has 58 heavy (non-hydrogen) atoms. The van der Waals surface area contributed by atoms with Crippen molar-refractivity contribution < 1.29 is 20.1 Å². The summed E-state index contributed by atoms with van der Waals surface area (Å²) < 4.78 is 0. The van der Waals surface area contributed by atoms with Crippen LogP contribution in [0.2, 0.25) is 0 Å². The van der Waals surface area contributed by atoms with Crippen LogP contribution in [0.5, 0.6) is 0 Å². The maximum absolute atomic E-state index is 12.5. The molecule has 0 aliphatic heterocycles. The first-order valence-electron chi connectivity index (χ1n) is 25.8. The Bertz CT molecular complexity index is 901. The number of amides is 1. The Hall–Kier alpha value is -1.43. The van der Waals surface area contributed by atoms with Crippen molar-refractivity contribution in [3.63, 3.8) is 0 Å². The molecule has 0 fully saturated rings. The van der Waals surface area contributed by atoms with Crippen molar-refractivity contribution in [1.29, 1.82) is 0 Å². The molecule has 3 unspecified atom stereocenters. The lowest BCUT2D eigenvalue weighted by atomic mass is 10.0. The fourth-order valence-electron chi connectivity index (χ4n) is 7.96. The predicted octanol–water partition coefficient (Wildman–Crippen LogP) is 15.5. The number of allylic oxidation sites excluding steroid dienone is 5. The lowest BCUT2D eigenvalue weighted by Crippen LogP contribution is -2.45. The number of nitrogens with one attached hydrogen (secondary N) is 1. The standard InChI is InChI=1S/C53H101NO4/c1-3-5-7-9-11-13-15-17-19-21-23-25-26-27-29-31-33-35-37-39-41-43-45-47-52(57)51(49-55)54-53(58)48-50(56)46-44-42-40-38-36-34-32-30-28-24-22-20-18-16-14-12-10-8-6-4-2/h29,31,37,39,45,47,50-52,55-57H,3-28,30,32-36,38,40-44,46,48-49H2,1-2H3,(H,54,58)/b31-29+,39-37+,47-45+. The summed E-state index contributed by atoms with van der Waals surface area (Å²) in [7, 11) is 0. The summed E-state index contributed by atoms with van der Waals surface area (Å²) in [5, 5.41) is 33.3. The Labute approximate surface area is 362 Å². The fourth-order valence-corrected chi connectivity index (χ4v) is 7.96. The molecule has 0 heterocycles. The van der Waals surface area contributed by atoms with Crippen LogP contribution in [0, 0.1) is 0 Å². The number of hydrogen-bond acceptors (Lipinski definition) is 4. The number of aliphatic hydroxyl groups is 3. The van der Waals surface area contributed by atoms with E-state index in [1.807, 2.05) is 6.08 Å². The highest BCUT2D eigenvalue weighted by molar-refractivity contribution is 5.76. The average Bonchev–Trinajstić information content (AvgIpc) is 3.22. The summed E-state index contributed by atoms with van der Waals surface area (Å²) in [5.41, 5.74) is 0. The van der Waals surface area contributed by atoms with Crippen LogP contribution < -0.4 is 5.32 Å². The third-order valence-electron chi connectivity index (χ3n) is 11.9. The number of carbonyl (C=O) groups is 1. The van der Waals surface area contributed by atoms with Gasteiger partial charge in [-0.2, -0.15) is 0 Å². The van der Waals surface area contributed by atoms with Crippen molar-refractivity contribution in [1.82, 2.24) is 5.32 Å². The van der Waals surface area contributed by atoms with Gasteiger partial charge in [0, 0.05) is 0 Å². The Kier molecular flexibility index (Phi) is 47.0. The van der Waals surface area contributed by atoms with Crippen LogP contribution in [0.3, 0.4) is 0 Å². The SMILES string of the molecule is CCCCCCCCCCCCCCC/C=C/CC/C=C/CC/C=C/C(O)C(CO)NC(=O)CC(O)CCCCCCCCCCCCCCCCCCCCCC. The van der Waals surface area contributed by atoms with Crippen LogP contribution in [-0.2, 0) is 4.79 Å². The van der Waals surface area contributed by atoms with Gasteiger partial charge in [0.15, 0.2) is 0 Å². The minimum atomic E-state index is -0.959. The van der Waals surface area contributed by atoms with E-state index < -0.39 is 18.2 Å². The molecule has 0 saturated heterocycles. The highest BCUT2D eigenvalue weighted by Gasteiger charge is 2.20. The van der Waals surface area contributed by atoms with Gasteiger partial charge in [-0.3, -0.25) is 4.79 Å². The molecular formula is C53H101NO4. The van der Waals surface area contributed by atoms with Gasteiger partial charge in [0.05, 0.1) is 31.3 Å². The molecule has 0 radical (unpaired) electrons. The van der Waals surface area contributed by atoms with Gasteiger partial charge in [-0.15, -0.1) is 0 Å². The van der Waals surface area contributed by atoms with Crippen LogP contribution >= 0.6 is 0 Å². The van der Waals surface area contributed by atoms with Gasteiger partial charge >= 0.3 is 0 Å². The van der Waals surface area contributed by atoms with Crippen molar-refractivity contribution >= 4 is 5.91 Å². The van der Waals surface area contributed by atoms with Crippen molar-refractivity contribution in [2.75, 3.05) is 6.61 Å². The lowest BCUT2D eigenvalue weighted by Gasteiger charge is -2.21. The summed E-state index contributed by atoms with van der Waals surface area (Å²) in [5.74, 6) is -0.325. The van der Waals surface area contributed by atoms with E-state index in [-0.39, 0.29) is 18.9 Å². The maximum atomic E-state index is 12.5. The normalized spacial score (nSPS) is 13.7. The Balaban J connectivity index is 3.66. The van der Waals surface area contributed by atoms with E-state index in [2.05, 4.69) is 43.5 Å². The minimum absolute atomic E-state index is 0.00544. The summed E-state index contributed by atoms with van der Waals surface area (Å²) in [6, 6.07) is -0.766. The highest BCUT2D eigenvalue weighted by Crippen LogP contribution is 2.17. The summed E-state index contributed by atoms with van der Waals surface area (Å²) >= 11 is 0. The Morgan fingerprint density at radius 3 is 1.10 bits per heavy atom. The molecule has 4 N–H and O–H groups in total. The summed E-state index contributed by atoms with van der Waals surface area (Å²) in [4.78, 5) is 12.5. The fraction of sp³-hybridized carbons (Fsp3) is 0.868. The number of rotatable bonds is 47. The average molecular weight is 816 g/mol. The Morgan fingerprint density at radius 2 is 0.741 bits per heavy atom. The van der Waals surface area contributed by atoms with Crippen molar-refractivity contribution in [2.45, 2.75) is 289 Å². The number of hydrogen-bond donors (Lipinski definition) is 4. The third kappa shape index (κ3) is 44.1. The van der Waals surface area contributed by atoms with Crippen molar-refractivity contribution in [3.8, 4) is 0 Å².